The van der Waals surface area contributed by atoms with Crippen LogP contribution >= 0.6 is 11.3 Å². The van der Waals surface area contributed by atoms with Gasteiger partial charge in [-0.2, -0.15) is 0 Å². The fraction of sp³-hybridized carbons (Fsp3) is 0.0169. The number of hydrogen-bond donors (Lipinski definition) is 1. The third kappa shape index (κ3) is 5.64. The Labute approximate surface area is 376 Å². The van der Waals surface area contributed by atoms with Crippen molar-refractivity contribution in [1.82, 2.24) is 9.88 Å². The number of rotatable bonds is 5. The van der Waals surface area contributed by atoms with E-state index in [9.17, 15) is 0 Å². The monoisotopic (exact) mass is 848 g/mol. The number of hydrogen-bond acceptors (Lipinski definition) is 5. The minimum Gasteiger partial charge on any atom is -0.456 e. The van der Waals surface area contributed by atoms with E-state index in [0.717, 1.165) is 83.1 Å². The van der Waals surface area contributed by atoms with E-state index in [0.29, 0.717) is 5.84 Å². The lowest BCUT2D eigenvalue weighted by Gasteiger charge is -2.24. The molecule has 10 aromatic carbocycles. The number of para-hydroxylation sites is 2. The third-order valence-corrected chi connectivity index (χ3v) is 14.3. The second-order valence-corrected chi connectivity index (χ2v) is 18.0. The van der Waals surface area contributed by atoms with Gasteiger partial charge < -0.3 is 14.3 Å². The molecule has 0 bridgehead atoms. The molecule has 304 valence electrons. The van der Waals surface area contributed by atoms with E-state index in [4.69, 9.17) is 14.4 Å². The standard InChI is InChI=1S/C59H36N4OS/c1-2-14-35(15-3-1)57-60-58(62-59(61-57)40-26-28-44-43-21-10-13-25-53(43)65-54(44)34-40)39-27-29-49(63-48-23-11-8-20-42(48)46-30-36-16-4-5-17-37(36)32-50(46)63)47(31-39)55-41-19-7-6-18-38(41)33-52-56(55)45-22-9-12-24-51(45)64-52/h1-34,57H,(H,60,61,62). The van der Waals surface area contributed by atoms with Crippen LogP contribution in [0.4, 0.5) is 0 Å². The fourth-order valence-electron chi connectivity index (χ4n) is 10.2. The Morgan fingerprint density at radius 3 is 2.05 bits per heavy atom. The summed E-state index contributed by atoms with van der Waals surface area (Å²) in [4.78, 5) is 10.8. The third-order valence-electron chi connectivity index (χ3n) is 13.2. The van der Waals surface area contributed by atoms with Gasteiger partial charge in [-0.15, -0.1) is 11.3 Å². The predicted molar refractivity (Wildman–Crippen MR) is 273 cm³/mol. The molecule has 6 heteroatoms. The molecular weight excluding hydrogens is 813 g/mol. The van der Waals surface area contributed by atoms with Crippen LogP contribution in [0.1, 0.15) is 22.9 Å². The summed E-state index contributed by atoms with van der Waals surface area (Å²) in [5.41, 5.74) is 10.2. The first-order chi connectivity index (χ1) is 32.2. The quantitative estimate of drug-likeness (QED) is 0.188. The van der Waals surface area contributed by atoms with Crippen LogP contribution in [-0.2, 0) is 0 Å². The average molecular weight is 849 g/mol. The van der Waals surface area contributed by atoms with Crippen LogP contribution in [0.15, 0.2) is 221 Å². The minimum absolute atomic E-state index is 0.354. The van der Waals surface area contributed by atoms with E-state index in [1.165, 1.54) is 41.7 Å². The van der Waals surface area contributed by atoms with Crippen molar-refractivity contribution < 1.29 is 4.42 Å². The van der Waals surface area contributed by atoms with Crippen molar-refractivity contribution in [2.24, 2.45) is 9.98 Å². The number of nitrogens with zero attached hydrogens (tertiary/aromatic N) is 3. The molecule has 1 aliphatic rings. The molecule has 0 aliphatic carbocycles. The zero-order valence-corrected chi connectivity index (χ0v) is 35.7. The van der Waals surface area contributed by atoms with E-state index in [1.807, 2.05) is 23.5 Å². The maximum atomic E-state index is 6.70. The van der Waals surface area contributed by atoms with E-state index >= 15 is 0 Å². The molecular formula is C59H36N4OS. The number of furan rings is 1. The number of amidine groups is 2. The van der Waals surface area contributed by atoms with Crippen molar-refractivity contribution in [3.8, 4) is 16.8 Å². The van der Waals surface area contributed by atoms with Gasteiger partial charge in [0.15, 0.2) is 5.84 Å². The lowest BCUT2D eigenvalue weighted by Crippen LogP contribution is -2.33. The van der Waals surface area contributed by atoms with Gasteiger partial charge in [-0.25, -0.2) is 9.98 Å². The number of fused-ring (bicyclic) bond motifs is 11. The Balaban J connectivity index is 1.07. The Bertz CT molecular complexity index is 4170. The van der Waals surface area contributed by atoms with Gasteiger partial charge in [0.05, 0.1) is 16.7 Å². The normalized spacial score (nSPS) is 14.3. The smallest absolute Gasteiger partial charge is 0.159 e. The first-order valence-electron chi connectivity index (χ1n) is 22.0. The number of benzene rings is 10. The van der Waals surface area contributed by atoms with Gasteiger partial charge in [0, 0.05) is 64.0 Å². The summed E-state index contributed by atoms with van der Waals surface area (Å²) >= 11 is 1.82. The SMILES string of the molecule is c1ccc(C2N=C(c3ccc(-n4c5ccccc5c5cc6ccccc6cc54)c(-c4c5ccccc5cc5oc6ccccc6c45)c3)N=C(c3ccc4c(c3)sc3ccccc34)N2)cc1. The highest BCUT2D eigenvalue weighted by Gasteiger charge is 2.26. The molecule has 0 spiro atoms. The van der Waals surface area contributed by atoms with Crippen molar-refractivity contribution in [1.29, 1.82) is 0 Å². The summed E-state index contributed by atoms with van der Waals surface area (Å²) in [5.74, 6) is 1.45. The maximum Gasteiger partial charge on any atom is 0.159 e. The molecule has 1 N–H and O–H groups in total. The van der Waals surface area contributed by atoms with Crippen molar-refractivity contribution in [3.63, 3.8) is 0 Å². The molecule has 0 saturated carbocycles. The Morgan fingerprint density at radius 2 is 1.17 bits per heavy atom. The molecule has 5 nitrogen and oxygen atoms in total. The van der Waals surface area contributed by atoms with Gasteiger partial charge >= 0.3 is 0 Å². The zero-order chi connectivity index (χ0) is 42.6. The summed E-state index contributed by atoms with van der Waals surface area (Å²) in [6.45, 7) is 0. The van der Waals surface area contributed by atoms with Crippen LogP contribution in [0.3, 0.4) is 0 Å². The van der Waals surface area contributed by atoms with Crippen molar-refractivity contribution in [2.75, 3.05) is 0 Å². The summed E-state index contributed by atoms with van der Waals surface area (Å²) in [6.07, 6.45) is -0.354. The van der Waals surface area contributed by atoms with Gasteiger partial charge in [0.1, 0.15) is 23.2 Å². The number of aliphatic imine (C=N–C) groups is 2. The highest BCUT2D eigenvalue weighted by molar-refractivity contribution is 7.25. The van der Waals surface area contributed by atoms with Crippen LogP contribution in [0.25, 0.3) is 102 Å². The number of nitrogens with one attached hydrogen (secondary N) is 1. The van der Waals surface area contributed by atoms with Crippen LogP contribution in [0.2, 0.25) is 0 Å². The molecule has 0 fully saturated rings. The first-order valence-corrected chi connectivity index (χ1v) is 22.8. The van der Waals surface area contributed by atoms with E-state index in [-0.39, 0.29) is 6.17 Å². The lowest BCUT2D eigenvalue weighted by atomic mass is 9.91. The van der Waals surface area contributed by atoms with E-state index in [1.54, 1.807) is 0 Å². The van der Waals surface area contributed by atoms with Gasteiger partial charge in [-0.05, 0) is 87.8 Å². The molecule has 1 unspecified atom stereocenters. The molecule has 14 rings (SSSR count). The molecule has 13 aromatic rings. The van der Waals surface area contributed by atoms with Crippen LogP contribution < -0.4 is 5.32 Å². The zero-order valence-electron chi connectivity index (χ0n) is 34.9. The molecule has 0 saturated heterocycles. The molecule has 0 radical (unpaired) electrons. The van der Waals surface area contributed by atoms with Gasteiger partial charge in [0.25, 0.3) is 0 Å². The first kappa shape index (κ1) is 36.2. The summed E-state index contributed by atoms with van der Waals surface area (Å²) < 4.78 is 11.7. The van der Waals surface area contributed by atoms with Crippen molar-refractivity contribution in [3.05, 3.63) is 223 Å². The highest BCUT2D eigenvalue weighted by atomic mass is 32.1. The largest absolute Gasteiger partial charge is 0.456 e. The van der Waals surface area contributed by atoms with Gasteiger partial charge in [-0.1, -0.05) is 146 Å². The molecule has 4 heterocycles. The Hall–Kier alpha value is -8.32. The van der Waals surface area contributed by atoms with Crippen LogP contribution in [-0.4, -0.2) is 16.2 Å². The molecule has 3 aromatic heterocycles. The van der Waals surface area contributed by atoms with Crippen molar-refractivity contribution in [2.45, 2.75) is 6.17 Å². The van der Waals surface area contributed by atoms with Crippen LogP contribution in [0.5, 0.6) is 0 Å². The maximum absolute atomic E-state index is 6.70. The Kier molecular flexibility index (Phi) is 7.85. The topological polar surface area (TPSA) is 54.8 Å². The molecule has 1 atom stereocenters. The molecule has 0 amide bonds. The fourth-order valence-corrected chi connectivity index (χ4v) is 11.4. The average Bonchev–Trinajstić information content (AvgIpc) is 4.03. The van der Waals surface area contributed by atoms with Gasteiger partial charge in [-0.3, -0.25) is 0 Å². The Morgan fingerprint density at radius 1 is 0.477 bits per heavy atom. The van der Waals surface area contributed by atoms with Crippen LogP contribution in [0, 0.1) is 0 Å². The molecule has 1 aliphatic heterocycles. The summed E-state index contributed by atoms with van der Waals surface area (Å²) in [7, 11) is 0. The summed E-state index contributed by atoms with van der Waals surface area (Å²) in [6, 6.07) is 74.0. The molecule has 65 heavy (non-hydrogen) atoms. The number of aromatic nitrogens is 1. The minimum atomic E-state index is -0.354. The van der Waals surface area contributed by atoms with Gasteiger partial charge in [0.2, 0.25) is 0 Å². The highest BCUT2D eigenvalue weighted by Crippen LogP contribution is 2.46. The van der Waals surface area contributed by atoms with E-state index in [2.05, 4.69) is 204 Å². The van der Waals surface area contributed by atoms with Crippen molar-refractivity contribution >= 4 is 108 Å². The number of thiophene rings is 1. The lowest BCUT2D eigenvalue weighted by molar-refractivity contribution is 0.669. The van der Waals surface area contributed by atoms with E-state index < -0.39 is 0 Å². The predicted octanol–water partition coefficient (Wildman–Crippen LogP) is 15.5. The summed E-state index contributed by atoms with van der Waals surface area (Å²) in [5, 5.41) is 15.5. The second kappa shape index (κ2) is 14.1. The second-order valence-electron chi connectivity index (χ2n) is 16.9.